The summed E-state index contributed by atoms with van der Waals surface area (Å²) in [6, 6.07) is 8.50. The quantitative estimate of drug-likeness (QED) is 0.691. The van der Waals surface area contributed by atoms with Crippen molar-refractivity contribution in [3.63, 3.8) is 0 Å². The van der Waals surface area contributed by atoms with Crippen LogP contribution in [-0.2, 0) is 16.0 Å². The lowest BCUT2D eigenvalue weighted by atomic mass is 9.77. The van der Waals surface area contributed by atoms with E-state index in [9.17, 15) is 4.79 Å². The Balaban J connectivity index is 1.28. The van der Waals surface area contributed by atoms with E-state index in [1.165, 1.54) is 18.4 Å². The number of ether oxygens (including phenoxy) is 2. The smallest absolute Gasteiger partial charge is 0.217 e. The number of rotatable bonds is 9. The molecular formula is C24H36N2O3. The third kappa shape index (κ3) is 5.52. The molecule has 2 aliphatic carbocycles. The van der Waals surface area contributed by atoms with Crippen molar-refractivity contribution in [2.75, 3.05) is 32.8 Å². The molecule has 0 spiro atoms. The molecule has 5 heteroatoms. The lowest BCUT2D eigenvalue weighted by molar-refractivity contribution is -0.122. The van der Waals surface area contributed by atoms with Gasteiger partial charge in [0.15, 0.2) is 0 Å². The number of likely N-dealkylation sites (tertiary alicyclic amines) is 1. The van der Waals surface area contributed by atoms with Gasteiger partial charge in [0.1, 0.15) is 12.4 Å². The average Bonchev–Trinajstić information content (AvgIpc) is 3.45. The number of benzene rings is 1. The molecule has 0 bridgehead atoms. The molecule has 29 heavy (non-hydrogen) atoms. The number of hydrogen-bond donors (Lipinski definition) is 1. The number of aryl methyl sites for hydroxylation is 1. The minimum Gasteiger partial charge on any atom is -0.492 e. The largest absolute Gasteiger partial charge is 0.492 e. The number of nitrogens with one attached hydrogen (secondary N) is 1. The molecule has 0 aromatic heterocycles. The summed E-state index contributed by atoms with van der Waals surface area (Å²) in [5, 5.41) is 3.17. The van der Waals surface area contributed by atoms with Gasteiger partial charge in [0.2, 0.25) is 5.91 Å². The predicted molar refractivity (Wildman–Crippen MR) is 114 cm³/mol. The number of para-hydroxylation sites is 1. The highest BCUT2D eigenvalue weighted by Gasteiger charge is 2.43. The van der Waals surface area contributed by atoms with Gasteiger partial charge in [0.05, 0.1) is 12.1 Å². The monoisotopic (exact) mass is 400 g/mol. The molecule has 2 saturated carbocycles. The fourth-order valence-corrected chi connectivity index (χ4v) is 5.06. The normalized spacial score (nSPS) is 29.4. The van der Waals surface area contributed by atoms with Gasteiger partial charge in [-0.2, -0.15) is 0 Å². The Bertz CT molecular complexity index is 690. The topological polar surface area (TPSA) is 50.8 Å². The molecule has 160 valence electrons. The van der Waals surface area contributed by atoms with E-state index >= 15 is 0 Å². The predicted octanol–water partition coefficient (Wildman–Crippen LogP) is 3.27. The highest BCUT2D eigenvalue weighted by Crippen LogP contribution is 2.39. The zero-order valence-electron chi connectivity index (χ0n) is 17.9. The molecule has 1 aliphatic heterocycles. The van der Waals surface area contributed by atoms with Crippen molar-refractivity contribution >= 4 is 5.91 Å². The number of carbonyl (C=O) groups is 1. The molecule has 3 fully saturated rings. The van der Waals surface area contributed by atoms with Crippen LogP contribution in [0.15, 0.2) is 24.3 Å². The summed E-state index contributed by atoms with van der Waals surface area (Å²) in [5.41, 5.74) is 1.27. The van der Waals surface area contributed by atoms with E-state index in [0.29, 0.717) is 11.8 Å². The van der Waals surface area contributed by atoms with Crippen molar-refractivity contribution < 1.29 is 14.3 Å². The minimum absolute atomic E-state index is 0.0614. The van der Waals surface area contributed by atoms with Crippen LogP contribution in [0.5, 0.6) is 5.75 Å². The summed E-state index contributed by atoms with van der Waals surface area (Å²) < 4.78 is 12.4. The van der Waals surface area contributed by atoms with Gasteiger partial charge in [-0.1, -0.05) is 25.1 Å². The molecule has 1 saturated heterocycles. The van der Waals surface area contributed by atoms with Crippen LogP contribution >= 0.6 is 0 Å². The third-order valence-corrected chi connectivity index (χ3v) is 6.84. The van der Waals surface area contributed by atoms with E-state index in [0.717, 1.165) is 63.8 Å². The summed E-state index contributed by atoms with van der Waals surface area (Å²) >= 11 is 0. The summed E-state index contributed by atoms with van der Waals surface area (Å²) in [6.07, 6.45) is 5.88. The van der Waals surface area contributed by atoms with Gasteiger partial charge in [-0.25, -0.2) is 0 Å². The van der Waals surface area contributed by atoms with Crippen molar-refractivity contribution in [3.8, 4) is 5.75 Å². The molecule has 4 atom stereocenters. The summed E-state index contributed by atoms with van der Waals surface area (Å²) in [5.74, 6) is 3.16. The number of carbonyl (C=O) groups excluding carboxylic acids is 1. The molecule has 0 unspecified atom stereocenters. The third-order valence-electron chi connectivity index (χ3n) is 6.84. The maximum atomic E-state index is 11.7. The fraction of sp³-hybridized carbons (Fsp3) is 0.708. The Labute approximate surface area is 175 Å². The first kappa shape index (κ1) is 20.7. The first-order valence-electron chi connectivity index (χ1n) is 11.4. The van der Waals surface area contributed by atoms with Crippen molar-refractivity contribution in [2.45, 2.75) is 58.1 Å². The Morgan fingerprint density at radius 3 is 2.66 bits per heavy atom. The van der Waals surface area contributed by atoms with Gasteiger partial charge >= 0.3 is 0 Å². The van der Waals surface area contributed by atoms with Crippen LogP contribution in [-0.4, -0.2) is 55.8 Å². The van der Waals surface area contributed by atoms with E-state index < -0.39 is 0 Å². The Kier molecular flexibility index (Phi) is 6.76. The fourth-order valence-electron chi connectivity index (χ4n) is 5.06. The van der Waals surface area contributed by atoms with Gasteiger partial charge in [-0.05, 0) is 61.5 Å². The van der Waals surface area contributed by atoms with Crippen LogP contribution in [0.25, 0.3) is 0 Å². The van der Waals surface area contributed by atoms with Gasteiger partial charge in [0.25, 0.3) is 0 Å². The molecule has 3 aliphatic rings. The zero-order valence-corrected chi connectivity index (χ0v) is 17.9. The van der Waals surface area contributed by atoms with Crippen molar-refractivity contribution in [2.24, 2.45) is 17.8 Å². The van der Waals surface area contributed by atoms with Crippen LogP contribution in [0.4, 0.5) is 0 Å². The van der Waals surface area contributed by atoms with E-state index in [1.807, 2.05) is 6.07 Å². The maximum Gasteiger partial charge on any atom is 0.217 e. The van der Waals surface area contributed by atoms with Gasteiger partial charge in [-0.3, -0.25) is 9.69 Å². The zero-order chi connectivity index (χ0) is 20.2. The Morgan fingerprint density at radius 1 is 1.17 bits per heavy atom. The van der Waals surface area contributed by atoms with Crippen LogP contribution in [0.1, 0.15) is 45.1 Å². The molecule has 1 aromatic carbocycles. The second-order valence-electron chi connectivity index (χ2n) is 9.18. The molecule has 1 N–H and O–H groups in total. The molecule has 1 amide bonds. The highest BCUT2D eigenvalue weighted by atomic mass is 16.5. The Hall–Kier alpha value is -1.59. The highest BCUT2D eigenvalue weighted by molar-refractivity contribution is 5.73. The molecule has 1 aromatic rings. The molecular weight excluding hydrogens is 364 g/mol. The minimum atomic E-state index is 0.0614. The number of nitrogens with zero attached hydrogens (tertiary/aromatic N) is 1. The first-order chi connectivity index (χ1) is 14.1. The lowest BCUT2D eigenvalue weighted by Crippen LogP contribution is -2.50. The lowest BCUT2D eigenvalue weighted by Gasteiger charge is -2.38. The van der Waals surface area contributed by atoms with E-state index in [-0.39, 0.29) is 18.1 Å². The molecule has 0 radical (unpaired) electrons. The van der Waals surface area contributed by atoms with Crippen molar-refractivity contribution in [1.82, 2.24) is 10.2 Å². The van der Waals surface area contributed by atoms with Gasteiger partial charge < -0.3 is 14.8 Å². The summed E-state index contributed by atoms with van der Waals surface area (Å²) in [7, 11) is 0. The van der Waals surface area contributed by atoms with Crippen LogP contribution in [0.2, 0.25) is 0 Å². The van der Waals surface area contributed by atoms with Gasteiger partial charge in [-0.15, -0.1) is 0 Å². The second-order valence-corrected chi connectivity index (χ2v) is 9.18. The summed E-state index contributed by atoms with van der Waals surface area (Å²) in [6.45, 7) is 8.58. The SMILES string of the molecule is CCc1ccccc1OCCN1C[C@H]2C[C@@H](NC(C)=O)[C@H](OCC3CC3)C[C@H]2C1. The van der Waals surface area contributed by atoms with Crippen LogP contribution in [0, 0.1) is 17.8 Å². The summed E-state index contributed by atoms with van der Waals surface area (Å²) in [4.78, 5) is 14.2. The van der Waals surface area contributed by atoms with Crippen LogP contribution < -0.4 is 10.1 Å². The number of amides is 1. The van der Waals surface area contributed by atoms with E-state index in [2.05, 4.69) is 35.3 Å². The molecule has 4 rings (SSSR count). The van der Waals surface area contributed by atoms with Crippen molar-refractivity contribution in [3.05, 3.63) is 29.8 Å². The Morgan fingerprint density at radius 2 is 1.93 bits per heavy atom. The number of hydrogen-bond acceptors (Lipinski definition) is 4. The van der Waals surface area contributed by atoms with E-state index in [4.69, 9.17) is 9.47 Å². The first-order valence-corrected chi connectivity index (χ1v) is 11.4. The molecule has 5 nitrogen and oxygen atoms in total. The van der Waals surface area contributed by atoms with Gasteiger partial charge in [0, 0.05) is 33.2 Å². The van der Waals surface area contributed by atoms with Crippen LogP contribution in [0.3, 0.4) is 0 Å². The standard InChI is InChI=1S/C24H36N2O3/c1-3-19-6-4-5-7-23(19)28-11-10-26-14-20-12-22(25-17(2)27)24(13-21(20)15-26)29-16-18-8-9-18/h4-7,18,20-22,24H,3,8-16H2,1-2H3,(H,25,27)/t20-,21+,22-,24-/m1/s1. The van der Waals surface area contributed by atoms with E-state index in [1.54, 1.807) is 6.92 Å². The average molecular weight is 401 g/mol. The van der Waals surface area contributed by atoms with Crippen molar-refractivity contribution in [1.29, 1.82) is 0 Å². The number of fused-ring (bicyclic) bond motifs is 1. The molecule has 1 heterocycles. The second kappa shape index (κ2) is 9.48. The maximum absolute atomic E-state index is 11.7.